The predicted molar refractivity (Wildman–Crippen MR) is 61.1 cm³/mol. The highest BCUT2D eigenvalue weighted by molar-refractivity contribution is 7.85. The molecule has 7 heteroatoms. The average Bonchev–Trinajstić information content (AvgIpc) is 2.68. The fourth-order valence-electron chi connectivity index (χ4n) is 1.49. The maximum absolute atomic E-state index is 10.4. The van der Waals surface area contributed by atoms with E-state index in [9.17, 15) is 13.0 Å². The zero-order chi connectivity index (χ0) is 12.7. The van der Waals surface area contributed by atoms with Gasteiger partial charge in [0, 0.05) is 10.9 Å². The molecule has 0 aromatic carbocycles. The van der Waals surface area contributed by atoms with E-state index in [1.807, 2.05) is 15.6 Å². The van der Waals surface area contributed by atoms with Crippen molar-refractivity contribution in [3.05, 3.63) is 12.7 Å². The van der Waals surface area contributed by atoms with Gasteiger partial charge in [-0.15, -0.1) is 4.68 Å². The highest BCUT2D eigenvalue weighted by Crippen LogP contribution is 1.94. The molecule has 1 aromatic rings. The minimum atomic E-state index is -4.07. The molecule has 0 aliphatic heterocycles. The summed E-state index contributed by atoms with van der Waals surface area (Å²) in [7, 11) is -4.07. The molecule has 0 radical (unpaired) electrons. The van der Waals surface area contributed by atoms with Gasteiger partial charge in [-0.2, -0.15) is 0 Å². The number of nitrogens with zero attached hydrogens (tertiary/aromatic N) is 3. The van der Waals surface area contributed by atoms with Crippen molar-refractivity contribution in [3.8, 4) is 0 Å². The van der Waals surface area contributed by atoms with Crippen LogP contribution in [-0.4, -0.2) is 28.5 Å². The second-order valence-corrected chi connectivity index (χ2v) is 5.59. The summed E-state index contributed by atoms with van der Waals surface area (Å²) in [5, 5.41) is 4.18. The van der Waals surface area contributed by atoms with E-state index in [1.165, 1.54) is 0 Å². The third-order valence-corrected chi connectivity index (χ3v) is 3.22. The van der Waals surface area contributed by atoms with Crippen molar-refractivity contribution in [1.29, 1.82) is 0 Å². The topological polar surface area (TPSA) is 78.9 Å². The Morgan fingerprint density at radius 3 is 2.76 bits per heavy atom. The molecule has 6 nitrogen and oxygen atoms in total. The van der Waals surface area contributed by atoms with E-state index < -0.39 is 10.1 Å². The maximum atomic E-state index is 10.4. The minimum absolute atomic E-state index is 0.280. The van der Waals surface area contributed by atoms with Crippen LogP contribution >= 0.6 is 0 Å². The van der Waals surface area contributed by atoms with Gasteiger partial charge in [-0.3, -0.25) is 0 Å². The molecule has 0 fully saturated rings. The fourth-order valence-corrected chi connectivity index (χ4v) is 2.05. The summed E-state index contributed by atoms with van der Waals surface area (Å²) in [4.78, 5) is 0. The second kappa shape index (κ2) is 6.70. The van der Waals surface area contributed by atoms with Crippen molar-refractivity contribution in [3.63, 3.8) is 0 Å². The van der Waals surface area contributed by atoms with Crippen LogP contribution in [0.4, 0.5) is 0 Å². The Morgan fingerprint density at radius 2 is 2.12 bits per heavy atom. The molecule has 0 bridgehead atoms. The van der Waals surface area contributed by atoms with Gasteiger partial charge in [-0.05, 0) is 19.3 Å². The van der Waals surface area contributed by atoms with Crippen molar-refractivity contribution >= 4 is 10.1 Å². The Balaban J connectivity index is 2.25. The number of aryl methyl sites for hydroxylation is 2. The molecule has 0 N–H and O–H groups in total. The molecular formula is C10H19N3O3S. The third kappa shape index (κ3) is 6.38. The van der Waals surface area contributed by atoms with Crippen LogP contribution < -0.4 is 4.57 Å². The van der Waals surface area contributed by atoms with E-state index >= 15 is 0 Å². The summed E-state index contributed by atoms with van der Waals surface area (Å²) in [6.07, 6.45) is 6.92. The van der Waals surface area contributed by atoms with E-state index in [-0.39, 0.29) is 5.75 Å². The molecule has 17 heavy (non-hydrogen) atoms. The Hall–Kier alpha value is -0.950. The molecule has 1 heterocycles. The van der Waals surface area contributed by atoms with Gasteiger partial charge in [0.25, 0.3) is 6.33 Å². The van der Waals surface area contributed by atoms with Crippen molar-refractivity contribution in [2.24, 2.45) is 0 Å². The molecule has 0 amide bonds. The van der Waals surface area contributed by atoms with Gasteiger partial charge in [-0.1, -0.05) is 13.3 Å². The lowest BCUT2D eigenvalue weighted by Crippen LogP contribution is -2.31. The molecule has 0 unspecified atom stereocenters. The van der Waals surface area contributed by atoms with Crippen molar-refractivity contribution in [2.45, 2.75) is 45.7 Å². The Morgan fingerprint density at radius 1 is 1.35 bits per heavy atom. The quantitative estimate of drug-likeness (QED) is 0.383. The number of aromatic nitrogens is 3. The number of hydrogen-bond acceptors (Lipinski definition) is 4. The van der Waals surface area contributed by atoms with Crippen LogP contribution in [0, 0.1) is 0 Å². The van der Waals surface area contributed by atoms with Crippen LogP contribution in [0.25, 0.3) is 0 Å². The zero-order valence-electron chi connectivity index (χ0n) is 10.1. The van der Waals surface area contributed by atoms with E-state index in [2.05, 4.69) is 12.0 Å². The predicted octanol–water partition coefficient (Wildman–Crippen LogP) is 0.296. The summed E-state index contributed by atoms with van der Waals surface area (Å²) in [6.45, 7) is 3.72. The molecule has 0 aliphatic rings. The van der Waals surface area contributed by atoms with Gasteiger partial charge in [0.1, 0.15) is 6.54 Å². The number of unbranched alkanes of at least 4 members (excludes halogenated alkanes) is 2. The molecule has 0 saturated carbocycles. The second-order valence-electron chi connectivity index (χ2n) is 4.07. The molecule has 0 spiro atoms. The largest absolute Gasteiger partial charge is 0.748 e. The minimum Gasteiger partial charge on any atom is -0.748 e. The lowest BCUT2D eigenvalue weighted by molar-refractivity contribution is -0.698. The normalized spacial score (nSPS) is 11.9. The van der Waals surface area contributed by atoms with Gasteiger partial charge in [-0.25, -0.2) is 13.0 Å². The first kappa shape index (κ1) is 14.1. The monoisotopic (exact) mass is 261 g/mol. The first-order chi connectivity index (χ1) is 8.01. The highest BCUT2D eigenvalue weighted by atomic mass is 32.2. The Labute approximate surface area is 102 Å². The van der Waals surface area contributed by atoms with E-state index in [1.54, 1.807) is 6.33 Å². The third-order valence-electron chi connectivity index (χ3n) is 2.43. The van der Waals surface area contributed by atoms with E-state index in [0.29, 0.717) is 19.4 Å². The Kier molecular flexibility index (Phi) is 5.57. The van der Waals surface area contributed by atoms with Crippen molar-refractivity contribution in [1.82, 2.24) is 9.78 Å². The molecule has 0 atom stereocenters. The van der Waals surface area contributed by atoms with Crippen LogP contribution in [0.2, 0.25) is 0 Å². The van der Waals surface area contributed by atoms with Crippen LogP contribution in [0.3, 0.4) is 0 Å². The highest BCUT2D eigenvalue weighted by Gasteiger charge is 2.04. The fraction of sp³-hybridized carbons (Fsp3) is 0.800. The molecule has 1 rings (SSSR count). The molecule has 1 aromatic heterocycles. The summed E-state index contributed by atoms with van der Waals surface area (Å²) < 4.78 is 34.9. The van der Waals surface area contributed by atoms with Crippen LogP contribution in [0.15, 0.2) is 12.7 Å². The number of rotatable bonds is 8. The first-order valence-electron chi connectivity index (χ1n) is 5.86. The van der Waals surface area contributed by atoms with Gasteiger partial charge in [0.2, 0.25) is 6.33 Å². The lowest BCUT2D eigenvalue weighted by Gasteiger charge is -2.04. The molecular weight excluding hydrogens is 242 g/mol. The van der Waals surface area contributed by atoms with Gasteiger partial charge >= 0.3 is 0 Å². The summed E-state index contributed by atoms with van der Waals surface area (Å²) in [5.41, 5.74) is 0. The maximum Gasteiger partial charge on any atom is 0.265 e. The van der Waals surface area contributed by atoms with Gasteiger partial charge < -0.3 is 4.55 Å². The zero-order valence-corrected chi connectivity index (χ0v) is 10.9. The molecule has 0 saturated heterocycles. The molecule has 0 aliphatic carbocycles. The van der Waals surface area contributed by atoms with Crippen molar-refractivity contribution in [2.75, 3.05) is 5.75 Å². The smallest absolute Gasteiger partial charge is 0.265 e. The first-order valence-corrected chi connectivity index (χ1v) is 7.44. The van der Waals surface area contributed by atoms with E-state index in [0.717, 1.165) is 19.4 Å². The van der Waals surface area contributed by atoms with E-state index in [4.69, 9.17) is 0 Å². The van der Waals surface area contributed by atoms with Gasteiger partial charge in [0.05, 0.1) is 16.7 Å². The van der Waals surface area contributed by atoms with Crippen molar-refractivity contribution < 1.29 is 17.5 Å². The molecule has 98 valence electrons. The van der Waals surface area contributed by atoms with Crippen LogP contribution in [-0.2, 0) is 23.2 Å². The summed E-state index contributed by atoms with van der Waals surface area (Å²) in [6, 6.07) is 0. The Bertz CT molecular complexity index is 428. The average molecular weight is 261 g/mol. The summed E-state index contributed by atoms with van der Waals surface area (Å²) in [5.74, 6) is -0.280. The summed E-state index contributed by atoms with van der Waals surface area (Å²) >= 11 is 0. The SMILES string of the molecule is CCCCn1c[n+](CCCCS(=O)(=O)[O-])cn1. The van der Waals surface area contributed by atoms with Gasteiger partial charge in [0.15, 0.2) is 0 Å². The lowest BCUT2D eigenvalue weighted by atomic mass is 10.3. The van der Waals surface area contributed by atoms with Crippen LogP contribution in [0.5, 0.6) is 0 Å². The standard InChI is InChI=1S/C10H19N3O3S/c1-2-3-7-13-10-12(9-11-13)6-4-5-8-17(14,15)16/h9-10H,2-8H2,1H3. The van der Waals surface area contributed by atoms with Crippen LogP contribution in [0.1, 0.15) is 32.6 Å². The number of hydrogen-bond donors (Lipinski definition) is 0.